The topological polar surface area (TPSA) is 94.5 Å². The van der Waals surface area contributed by atoms with Crippen molar-refractivity contribution in [1.82, 2.24) is 4.90 Å². The lowest BCUT2D eigenvalue weighted by molar-refractivity contribution is -0.146. The molecule has 1 heterocycles. The van der Waals surface area contributed by atoms with Gasteiger partial charge in [0.2, 0.25) is 0 Å². The van der Waals surface area contributed by atoms with Crippen LogP contribution in [0.3, 0.4) is 0 Å². The second-order valence-electron chi connectivity index (χ2n) is 10.8. The average molecular weight is 508 g/mol. The van der Waals surface area contributed by atoms with Crippen LogP contribution in [0.25, 0.3) is 0 Å². The lowest BCUT2D eigenvalue weighted by Gasteiger charge is -2.36. The number of amides is 1. The molecule has 0 bridgehead atoms. The molecule has 0 spiro atoms. The summed E-state index contributed by atoms with van der Waals surface area (Å²) in [6.45, 7) is 15.4. The quantitative estimate of drug-likeness (QED) is 0.392. The maximum absolute atomic E-state index is 13.0. The number of benzene rings is 1. The Bertz CT molecular complexity index is 872. The summed E-state index contributed by atoms with van der Waals surface area (Å²) >= 11 is 0. The van der Waals surface area contributed by atoms with Crippen LogP contribution in [0.5, 0.6) is 0 Å². The van der Waals surface area contributed by atoms with Crippen LogP contribution < -0.4 is 0 Å². The van der Waals surface area contributed by atoms with Gasteiger partial charge in [-0.05, 0) is 37.5 Å². The van der Waals surface area contributed by atoms with Crippen LogP contribution in [0.4, 0.5) is 4.79 Å². The first-order chi connectivity index (χ1) is 16.4. The predicted octanol–water partition coefficient (Wildman–Crippen LogP) is 4.35. The molecular formula is C26H41NO7Si. The molecule has 1 aromatic carbocycles. The summed E-state index contributed by atoms with van der Waals surface area (Å²) in [5.41, 5.74) is 0.894. The molecule has 196 valence electrons. The molecule has 1 N–H and O–H groups in total. The van der Waals surface area contributed by atoms with Crippen LogP contribution in [0.1, 0.15) is 46.2 Å². The minimum atomic E-state index is -2.05. The van der Waals surface area contributed by atoms with Gasteiger partial charge in [-0.2, -0.15) is 0 Å². The zero-order valence-corrected chi connectivity index (χ0v) is 23.0. The Morgan fingerprint density at radius 1 is 1.14 bits per heavy atom. The molecule has 1 saturated heterocycles. The van der Waals surface area contributed by atoms with Gasteiger partial charge in [0.25, 0.3) is 0 Å². The van der Waals surface area contributed by atoms with E-state index in [-0.39, 0.29) is 36.7 Å². The van der Waals surface area contributed by atoms with Crippen molar-refractivity contribution in [3.8, 4) is 0 Å². The van der Waals surface area contributed by atoms with E-state index >= 15 is 0 Å². The number of carbonyl (C=O) groups excluding carboxylic acids is 2. The number of rotatable bonds is 9. The molecule has 2 fully saturated rings. The highest BCUT2D eigenvalue weighted by Gasteiger charge is 2.63. The normalized spacial score (nSPS) is 27.4. The van der Waals surface area contributed by atoms with Gasteiger partial charge in [0.05, 0.1) is 31.8 Å². The first kappa shape index (κ1) is 27.6. The zero-order chi connectivity index (χ0) is 26.0. The molecule has 1 saturated carbocycles. The third-order valence-electron chi connectivity index (χ3n) is 7.62. The fraction of sp³-hybridized carbons (Fsp3) is 0.692. The monoisotopic (exact) mass is 507 g/mol. The van der Waals surface area contributed by atoms with Crippen LogP contribution in [0.15, 0.2) is 30.3 Å². The van der Waals surface area contributed by atoms with Gasteiger partial charge in [-0.15, -0.1) is 0 Å². The molecule has 3 rings (SSSR count). The van der Waals surface area contributed by atoms with Crippen molar-refractivity contribution >= 4 is 20.4 Å². The highest BCUT2D eigenvalue weighted by Crippen LogP contribution is 2.53. The molecule has 8 nitrogen and oxygen atoms in total. The van der Waals surface area contributed by atoms with E-state index in [1.54, 1.807) is 13.8 Å². The Hall–Kier alpha value is -1.94. The van der Waals surface area contributed by atoms with Crippen molar-refractivity contribution in [2.75, 3.05) is 26.4 Å². The molecule has 6 atom stereocenters. The number of esters is 1. The van der Waals surface area contributed by atoms with Crippen molar-refractivity contribution in [1.29, 1.82) is 0 Å². The van der Waals surface area contributed by atoms with E-state index in [0.717, 1.165) is 5.56 Å². The SMILES string of the molecule is CCOC(=O)[C@@H]1[C@@H](CO[Si](C)(C)C(C)(C)C)[C@@H]1[C@@H](O)[C@H]1OC[C@@H](c2ccccc2)N1C(=O)OCC. The van der Waals surface area contributed by atoms with E-state index in [9.17, 15) is 14.7 Å². The van der Waals surface area contributed by atoms with Crippen LogP contribution in [-0.2, 0) is 23.4 Å². The van der Waals surface area contributed by atoms with Crippen molar-refractivity contribution in [3.05, 3.63) is 35.9 Å². The number of aliphatic hydroxyl groups is 1. The molecule has 1 amide bonds. The van der Waals surface area contributed by atoms with Gasteiger partial charge in [-0.3, -0.25) is 9.69 Å². The van der Waals surface area contributed by atoms with Gasteiger partial charge >= 0.3 is 12.1 Å². The van der Waals surface area contributed by atoms with Crippen molar-refractivity contribution in [3.63, 3.8) is 0 Å². The summed E-state index contributed by atoms with van der Waals surface area (Å²) in [5, 5.41) is 11.5. The van der Waals surface area contributed by atoms with Gasteiger partial charge in [0, 0.05) is 18.4 Å². The van der Waals surface area contributed by atoms with E-state index in [1.165, 1.54) is 4.90 Å². The van der Waals surface area contributed by atoms with E-state index in [2.05, 4.69) is 33.9 Å². The standard InChI is InChI=1S/C26H41NO7Si/c1-8-31-24(29)21-18(15-34-35(6,7)26(3,4)5)20(21)22(28)23-27(25(30)32-9-2)19(16-33-23)17-13-11-10-12-14-17/h10-14,18-23,28H,8-9,15-16H2,1-7H3/t18-,19-,20-,21+,22+,23+/m0/s1. The van der Waals surface area contributed by atoms with E-state index in [4.69, 9.17) is 18.6 Å². The van der Waals surface area contributed by atoms with Gasteiger partial charge in [0.1, 0.15) is 6.10 Å². The van der Waals surface area contributed by atoms with E-state index in [1.807, 2.05) is 30.3 Å². The molecule has 2 aliphatic rings. The van der Waals surface area contributed by atoms with Gasteiger partial charge in [-0.1, -0.05) is 51.1 Å². The zero-order valence-electron chi connectivity index (χ0n) is 22.0. The number of ether oxygens (including phenoxy) is 3. The Labute approximate surface area is 210 Å². The van der Waals surface area contributed by atoms with Crippen molar-refractivity contribution in [2.45, 2.75) is 71.1 Å². The number of hydrogen-bond acceptors (Lipinski definition) is 7. The minimum Gasteiger partial charge on any atom is -0.466 e. The van der Waals surface area contributed by atoms with Crippen molar-refractivity contribution in [2.24, 2.45) is 17.8 Å². The first-order valence-corrected chi connectivity index (χ1v) is 15.5. The number of hydrogen-bond donors (Lipinski definition) is 1. The van der Waals surface area contributed by atoms with Crippen molar-refractivity contribution < 1.29 is 33.3 Å². The molecule has 0 aromatic heterocycles. The molecule has 1 aromatic rings. The Morgan fingerprint density at radius 2 is 1.77 bits per heavy atom. The van der Waals surface area contributed by atoms with Gasteiger partial charge in [0.15, 0.2) is 14.5 Å². The molecule has 1 aliphatic carbocycles. The second-order valence-corrected chi connectivity index (χ2v) is 15.6. The number of aliphatic hydroxyl groups excluding tert-OH is 1. The summed E-state index contributed by atoms with van der Waals surface area (Å²) in [6, 6.07) is 9.15. The Kier molecular flexibility index (Phi) is 8.67. The molecule has 0 radical (unpaired) electrons. The van der Waals surface area contributed by atoms with Gasteiger partial charge < -0.3 is 23.7 Å². The second kappa shape index (κ2) is 11.0. The van der Waals surface area contributed by atoms with E-state index < -0.39 is 44.6 Å². The third kappa shape index (κ3) is 5.90. The smallest absolute Gasteiger partial charge is 0.412 e. The number of carbonyl (C=O) groups is 2. The largest absolute Gasteiger partial charge is 0.466 e. The highest BCUT2D eigenvalue weighted by atomic mass is 28.4. The number of nitrogens with zero attached hydrogens (tertiary/aromatic N) is 1. The third-order valence-corrected chi connectivity index (χ3v) is 12.1. The Balaban J connectivity index is 1.82. The fourth-order valence-electron chi connectivity index (χ4n) is 4.51. The molecule has 35 heavy (non-hydrogen) atoms. The van der Waals surface area contributed by atoms with Crippen LogP contribution in [0, 0.1) is 17.8 Å². The van der Waals surface area contributed by atoms with Crippen LogP contribution >= 0.6 is 0 Å². The lowest BCUT2D eigenvalue weighted by Crippen LogP contribution is -2.46. The summed E-state index contributed by atoms with van der Waals surface area (Å²) in [7, 11) is -2.05. The summed E-state index contributed by atoms with van der Waals surface area (Å²) in [6.07, 6.45) is -2.57. The summed E-state index contributed by atoms with van der Waals surface area (Å²) in [5.74, 6) is -1.49. The maximum Gasteiger partial charge on any atom is 0.412 e. The average Bonchev–Trinajstić information content (AvgIpc) is 3.35. The van der Waals surface area contributed by atoms with Crippen LogP contribution in [-0.4, -0.2) is 69.1 Å². The van der Waals surface area contributed by atoms with Crippen LogP contribution in [0.2, 0.25) is 18.1 Å². The molecule has 1 aliphatic heterocycles. The van der Waals surface area contributed by atoms with Gasteiger partial charge in [-0.25, -0.2) is 4.79 Å². The predicted molar refractivity (Wildman–Crippen MR) is 134 cm³/mol. The fourth-order valence-corrected chi connectivity index (χ4v) is 5.56. The highest BCUT2D eigenvalue weighted by molar-refractivity contribution is 6.74. The Morgan fingerprint density at radius 3 is 2.34 bits per heavy atom. The lowest BCUT2D eigenvalue weighted by atomic mass is 10.1. The summed E-state index contributed by atoms with van der Waals surface area (Å²) < 4.78 is 23.0. The summed E-state index contributed by atoms with van der Waals surface area (Å²) in [4.78, 5) is 27.2. The first-order valence-electron chi connectivity index (χ1n) is 12.5. The maximum atomic E-state index is 13.0. The molecule has 9 heteroatoms. The molecule has 0 unspecified atom stereocenters. The van der Waals surface area contributed by atoms with E-state index in [0.29, 0.717) is 6.61 Å². The minimum absolute atomic E-state index is 0.0214. The molecular weight excluding hydrogens is 466 g/mol.